The lowest BCUT2D eigenvalue weighted by Gasteiger charge is -2.37. The van der Waals surface area contributed by atoms with E-state index >= 15 is 0 Å². The molecule has 2 nitrogen and oxygen atoms in total. The highest BCUT2D eigenvalue weighted by atomic mass is 16.0. The molecule has 0 amide bonds. The minimum atomic E-state index is -0.110. The maximum atomic E-state index is 7.02. The van der Waals surface area contributed by atoms with E-state index < -0.39 is 0 Å². The normalized spacial score (nSPS) is 12.6. The predicted octanol–water partition coefficient (Wildman–Crippen LogP) is 9.49. The molecule has 4 N–H and O–H groups in total. The van der Waals surface area contributed by atoms with Crippen LogP contribution in [0.15, 0.2) is 42.5 Å². The molecule has 2 rings (SSSR count). The average Bonchev–Trinajstić information content (AvgIpc) is 2.86. The summed E-state index contributed by atoms with van der Waals surface area (Å²) in [6.07, 6.45) is 23.1. The van der Waals surface area contributed by atoms with Crippen molar-refractivity contribution >= 4 is 10.8 Å². The summed E-state index contributed by atoms with van der Waals surface area (Å²) in [6.45, 7) is 6.84. The molecule has 1 atom stereocenters. The van der Waals surface area contributed by atoms with Crippen LogP contribution in [0.3, 0.4) is 0 Å². The molecule has 0 bridgehead atoms. The molecule has 0 aliphatic carbocycles. The number of nitrogens with two attached hydrogens (primary N) is 1. The number of unbranched alkanes of at least 4 members (excludes halogenated alkanes) is 13. The zero-order valence-corrected chi connectivity index (χ0v) is 22.7. The van der Waals surface area contributed by atoms with Crippen molar-refractivity contribution in [1.82, 2.24) is 0 Å². The largest absolute Gasteiger partial charge is 0.412 e. The van der Waals surface area contributed by atoms with Crippen molar-refractivity contribution in [2.24, 2.45) is 5.73 Å². The van der Waals surface area contributed by atoms with Crippen LogP contribution in [0.2, 0.25) is 0 Å². The van der Waals surface area contributed by atoms with E-state index in [1.807, 2.05) is 0 Å². The Balaban J connectivity index is 0.00000578. The molecule has 0 spiro atoms. The third-order valence-electron chi connectivity index (χ3n) is 8.06. The Bertz CT molecular complexity index is 746. The second-order valence-corrected chi connectivity index (χ2v) is 10.4. The van der Waals surface area contributed by atoms with Crippen LogP contribution in [0.25, 0.3) is 10.8 Å². The van der Waals surface area contributed by atoms with Gasteiger partial charge < -0.3 is 11.2 Å². The molecule has 0 fully saturated rings. The Labute approximate surface area is 211 Å². The van der Waals surface area contributed by atoms with Crippen LogP contribution in [-0.4, -0.2) is 11.0 Å². The fourth-order valence-electron chi connectivity index (χ4n) is 5.59. The number of hydrogen-bond donors (Lipinski definition) is 1. The van der Waals surface area contributed by atoms with Crippen molar-refractivity contribution in [3.63, 3.8) is 0 Å². The van der Waals surface area contributed by atoms with E-state index in [-0.39, 0.29) is 11.0 Å². The number of hydrogen-bond acceptors (Lipinski definition) is 1. The van der Waals surface area contributed by atoms with Gasteiger partial charge in [-0.15, -0.1) is 0 Å². The lowest BCUT2D eigenvalue weighted by Crippen LogP contribution is -2.44. The summed E-state index contributed by atoms with van der Waals surface area (Å²) in [7, 11) is 0. The summed E-state index contributed by atoms with van der Waals surface area (Å²) in [5.41, 5.74) is 8.37. The summed E-state index contributed by atoms with van der Waals surface area (Å²) in [5, 5.41) is 2.74. The summed E-state index contributed by atoms with van der Waals surface area (Å²) < 4.78 is 0. The van der Waals surface area contributed by atoms with Gasteiger partial charge >= 0.3 is 0 Å². The van der Waals surface area contributed by atoms with Crippen molar-refractivity contribution in [2.45, 2.75) is 141 Å². The average molecular weight is 470 g/mol. The van der Waals surface area contributed by atoms with Crippen LogP contribution in [0.1, 0.15) is 141 Å². The molecule has 0 aromatic heterocycles. The van der Waals surface area contributed by atoms with Crippen LogP contribution >= 0.6 is 0 Å². The first-order chi connectivity index (χ1) is 16.2. The van der Waals surface area contributed by atoms with Crippen molar-refractivity contribution in [2.75, 3.05) is 0 Å². The SMILES string of the molecule is CCCCCCCCCCCCCCCCC(c1cccc2ccccc12)C(N)(CC)CC.O. The molecule has 34 heavy (non-hydrogen) atoms. The van der Waals surface area contributed by atoms with Crippen molar-refractivity contribution < 1.29 is 5.48 Å². The van der Waals surface area contributed by atoms with Gasteiger partial charge in [0.25, 0.3) is 0 Å². The van der Waals surface area contributed by atoms with E-state index in [1.165, 1.54) is 113 Å². The highest BCUT2D eigenvalue weighted by molar-refractivity contribution is 5.86. The van der Waals surface area contributed by atoms with E-state index in [1.54, 1.807) is 0 Å². The minimum Gasteiger partial charge on any atom is -0.412 e. The maximum absolute atomic E-state index is 7.02. The first-order valence-electron chi connectivity index (χ1n) is 14.4. The van der Waals surface area contributed by atoms with Gasteiger partial charge in [0.2, 0.25) is 0 Å². The zero-order chi connectivity index (χ0) is 23.8. The highest BCUT2D eigenvalue weighted by Gasteiger charge is 2.33. The van der Waals surface area contributed by atoms with Crippen molar-refractivity contribution in [3.05, 3.63) is 48.0 Å². The van der Waals surface area contributed by atoms with Gasteiger partial charge in [0.05, 0.1) is 0 Å². The second kappa shape index (κ2) is 18.0. The highest BCUT2D eigenvalue weighted by Crippen LogP contribution is 2.39. The predicted molar refractivity (Wildman–Crippen MR) is 153 cm³/mol. The standard InChI is InChI=1S/C32H53N.H2O/c1-4-7-8-9-10-11-12-13-14-15-16-17-18-19-27-31(32(33,5-2)6-3)30-26-22-24-28-23-20-21-25-29(28)30;/h20-26,31H,4-19,27,33H2,1-3H3;1H2. The summed E-state index contributed by atoms with van der Waals surface area (Å²) in [5.74, 6) is 0.441. The van der Waals surface area contributed by atoms with Gasteiger partial charge in [-0.2, -0.15) is 0 Å². The Hall–Kier alpha value is -1.38. The molecule has 0 aliphatic rings. The fraction of sp³-hybridized carbons (Fsp3) is 0.688. The third kappa shape index (κ3) is 10.1. The topological polar surface area (TPSA) is 57.5 Å². The van der Waals surface area contributed by atoms with E-state index in [4.69, 9.17) is 5.73 Å². The van der Waals surface area contributed by atoms with Gasteiger partial charge in [0, 0.05) is 11.5 Å². The van der Waals surface area contributed by atoms with Crippen LogP contribution in [0.5, 0.6) is 0 Å². The van der Waals surface area contributed by atoms with Crippen LogP contribution in [0.4, 0.5) is 0 Å². The second-order valence-electron chi connectivity index (χ2n) is 10.4. The minimum absolute atomic E-state index is 0. The Morgan fingerprint density at radius 2 is 1.09 bits per heavy atom. The molecule has 2 aromatic carbocycles. The molecular formula is C32H55NO. The first-order valence-corrected chi connectivity index (χ1v) is 14.4. The molecule has 0 heterocycles. The van der Waals surface area contributed by atoms with Gasteiger partial charge in [-0.25, -0.2) is 0 Å². The summed E-state index contributed by atoms with van der Waals surface area (Å²) in [4.78, 5) is 0. The van der Waals surface area contributed by atoms with E-state index in [9.17, 15) is 0 Å². The van der Waals surface area contributed by atoms with Crippen molar-refractivity contribution in [1.29, 1.82) is 0 Å². The van der Waals surface area contributed by atoms with E-state index in [2.05, 4.69) is 63.2 Å². The fourth-order valence-corrected chi connectivity index (χ4v) is 5.59. The molecule has 0 aliphatic heterocycles. The van der Waals surface area contributed by atoms with Crippen molar-refractivity contribution in [3.8, 4) is 0 Å². The molecule has 0 radical (unpaired) electrons. The molecule has 2 heteroatoms. The monoisotopic (exact) mass is 469 g/mol. The smallest absolute Gasteiger partial charge is 0.0218 e. The molecular weight excluding hydrogens is 414 g/mol. The van der Waals surface area contributed by atoms with Crippen LogP contribution in [0, 0.1) is 0 Å². The Morgan fingerprint density at radius 1 is 0.618 bits per heavy atom. The van der Waals surface area contributed by atoms with Gasteiger partial charge in [-0.3, -0.25) is 0 Å². The molecule has 0 saturated carbocycles. The van der Waals surface area contributed by atoms with Crippen LogP contribution in [-0.2, 0) is 0 Å². The van der Waals surface area contributed by atoms with Gasteiger partial charge in [0.1, 0.15) is 0 Å². The van der Waals surface area contributed by atoms with E-state index in [0.717, 1.165) is 12.8 Å². The summed E-state index contributed by atoms with van der Waals surface area (Å²) in [6, 6.07) is 15.6. The lowest BCUT2D eigenvalue weighted by molar-refractivity contribution is 0.301. The van der Waals surface area contributed by atoms with Crippen LogP contribution < -0.4 is 5.73 Å². The van der Waals surface area contributed by atoms with Gasteiger partial charge in [-0.1, -0.05) is 153 Å². The number of rotatable bonds is 19. The first kappa shape index (κ1) is 30.7. The Kier molecular flexibility index (Phi) is 16.2. The number of fused-ring (bicyclic) bond motifs is 1. The molecule has 2 aromatic rings. The van der Waals surface area contributed by atoms with E-state index in [0.29, 0.717) is 5.92 Å². The third-order valence-corrected chi connectivity index (χ3v) is 8.06. The molecule has 194 valence electrons. The molecule has 0 saturated heterocycles. The quantitative estimate of drug-likeness (QED) is 0.205. The number of benzene rings is 2. The molecule has 1 unspecified atom stereocenters. The van der Waals surface area contributed by atoms with Gasteiger partial charge in [0.15, 0.2) is 0 Å². The summed E-state index contributed by atoms with van der Waals surface area (Å²) >= 11 is 0. The van der Waals surface area contributed by atoms with Gasteiger partial charge in [-0.05, 0) is 35.6 Å². The Morgan fingerprint density at radius 3 is 1.62 bits per heavy atom. The lowest BCUT2D eigenvalue weighted by atomic mass is 9.72. The maximum Gasteiger partial charge on any atom is 0.0218 e. The zero-order valence-electron chi connectivity index (χ0n) is 22.7.